The molecule has 1 aromatic carbocycles. The van der Waals surface area contributed by atoms with E-state index in [9.17, 15) is 8.78 Å². The Morgan fingerprint density at radius 2 is 2.06 bits per heavy atom. The number of nitrogens with two attached hydrogens (primary N) is 1. The first kappa shape index (κ1) is 12.9. The van der Waals surface area contributed by atoms with E-state index in [1.807, 2.05) is 0 Å². The third-order valence-corrected chi connectivity index (χ3v) is 2.82. The molecule has 3 nitrogen and oxygen atoms in total. The summed E-state index contributed by atoms with van der Waals surface area (Å²) in [5.74, 6) is 4.25. The molecule has 0 amide bonds. The molecule has 0 aliphatic carbocycles. The molecule has 18 heavy (non-hydrogen) atoms. The van der Waals surface area contributed by atoms with Gasteiger partial charge in [0, 0.05) is 11.8 Å². The summed E-state index contributed by atoms with van der Waals surface area (Å²) in [4.78, 5) is 4.03. The van der Waals surface area contributed by atoms with E-state index >= 15 is 0 Å². The van der Waals surface area contributed by atoms with Crippen molar-refractivity contribution in [3.63, 3.8) is 0 Å². The molecule has 3 N–H and O–H groups in total. The van der Waals surface area contributed by atoms with Gasteiger partial charge in [-0.3, -0.25) is 10.8 Å². The number of aromatic nitrogens is 1. The van der Waals surface area contributed by atoms with Crippen LogP contribution in [0.25, 0.3) is 0 Å². The molecule has 0 aliphatic rings. The average Bonchev–Trinajstić information content (AvgIpc) is 2.36. The summed E-state index contributed by atoms with van der Waals surface area (Å²) in [6.07, 6.45) is 1.50. The Kier molecular flexibility index (Phi) is 3.86. The van der Waals surface area contributed by atoms with E-state index < -0.39 is 17.7 Å². The van der Waals surface area contributed by atoms with Crippen molar-refractivity contribution in [2.45, 2.75) is 6.04 Å². The van der Waals surface area contributed by atoms with Crippen LogP contribution >= 0.6 is 11.6 Å². The fourth-order valence-corrected chi connectivity index (χ4v) is 1.89. The molecule has 0 radical (unpaired) electrons. The van der Waals surface area contributed by atoms with Gasteiger partial charge in [-0.05, 0) is 30.3 Å². The van der Waals surface area contributed by atoms with Crippen molar-refractivity contribution >= 4 is 11.6 Å². The number of nitrogens with zero attached hydrogens (tertiary/aromatic N) is 1. The molecule has 6 heteroatoms. The lowest BCUT2D eigenvalue weighted by Crippen LogP contribution is -2.30. The van der Waals surface area contributed by atoms with Crippen LogP contribution < -0.4 is 11.3 Å². The van der Waals surface area contributed by atoms with Gasteiger partial charge in [-0.25, -0.2) is 14.2 Å². The van der Waals surface area contributed by atoms with Gasteiger partial charge in [-0.1, -0.05) is 11.6 Å². The Bertz CT molecular complexity index is 563. The molecule has 1 aromatic heterocycles. The van der Waals surface area contributed by atoms with E-state index in [1.165, 1.54) is 6.20 Å². The zero-order chi connectivity index (χ0) is 13.1. The lowest BCUT2D eigenvalue weighted by Gasteiger charge is -2.17. The van der Waals surface area contributed by atoms with Crippen molar-refractivity contribution in [1.82, 2.24) is 10.4 Å². The van der Waals surface area contributed by atoms with Crippen LogP contribution in [0, 0.1) is 11.6 Å². The fraction of sp³-hybridized carbons (Fsp3) is 0.0833. The first-order chi connectivity index (χ1) is 8.63. The molecule has 0 fully saturated rings. The second kappa shape index (κ2) is 5.39. The summed E-state index contributed by atoms with van der Waals surface area (Å²) in [6, 6.07) is 5.56. The second-order valence-electron chi connectivity index (χ2n) is 3.64. The van der Waals surface area contributed by atoms with Crippen molar-refractivity contribution in [3.05, 3.63) is 64.4 Å². The summed E-state index contributed by atoms with van der Waals surface area (Å²) in [6.45, 7) is 0. The van der Waals surface area contributed by atoms with Crippen LogP contribution in [0.2, 0.25) is 5.02 Å². The zero-order valence-corrected chi connectivity index (χ0v) is 9.96. The standard InChI is InChI=1S/C12H10ClF2N3/c13-9-2-1-5-17-12(9)11(18-16)8-6-7(14)3-4-10(8)15/h1-6,11,18H,16H2. The van der Waals surface area contributed by atoms with Crippen LogP contribution in [0.5, 0.6) is 0 Å². The van der Waals surface area contributed by atoms with E-state index in [4.69, 9.17) is 17.4 Å². The Labute approximate surface area is 108 Å². The molecule has 1 atom stereocenters. The highest BCUT2D eigenvalue weighted by Crippen LogP contribution is 2.27. The van der Waals surface area contributed by atoms with Crippen LogP contribution in [-0.4, -0.2) is 4.98 Å². The van der Waals surface area contributed by atoms with Gasteiger partial charge in [-0.15, -0.1) is 0 Å². The minimum Gasteiger partial charge on any atom is -0.271 e. The molecule has 0 saturated heterocycles. The van der Waals surface area contributed by atoms with Crippen LogP contribution in [0.1, 0.15) is 17.3 Å². The second-order valence-corrected chi connectivity index (χ2v) is 4.04. The number of hydrogen-bond acceptors (Lipinski definition) is 3. The number of rotatable bonds is 3. The van der Waals surface area contributed by atoms with Crippen molar-refractivity contribution < 1.29 is 8.78 Å². The largest absolute Gasteiger partial charge is 0.271 e. The Morgan fingerprint density at radius 1 is 1.28 bits per heavy atom. The van der Waals surface area contributed by atoms with Crippen LogP contribution in [-0.2, 0) is 0 Å². The van der Waals surface area contributed by atoms with Gasteiger partial charge in [0.25, 0.3) is 0 Å². The van der Waals surface area contributed by atoms with E-state index in [0.29, 0.717) is 10.7 Å². The monoisotopic (exact) mass is 269 g/mol. The van der Waals surface area contributed by atoms with Gasteiger partial charge in [0.2, 0.25) is 0 Å². The predicted octanol–water partition coefficient (Wildman–Crippen LogP) is 2.57. The molecule has 0 bridgehead atoms. The summed E-state index contributed by atoms with van der Waals surface area (Å²) in [5.41, 5.74) is 2.78. The molecule has 0 saturated carbocycles. The fourth-order valence-electron chi connectivity index (χ4n) is 1.66. The molecule has 2 rings (SSSR count). The van der Waals surface area contributed by atoms with Gasteiger partial charge in [0.15, 0.2) is 0 Å². The third-order valence-electron chi connectivity index (χ3n) is 2.50. The van der Waals surface area contributed by atoms with Crippen LogP contribution in [0.4, 0.5) is 8.78 Å². The lowest BCUT2D eigenvalue weighted by atomic mass is 10.0. The maximum atomic E-state index is 13.7. The van der Waals surface area contributed by atoms with Crippen molar-refractivity contribution in [1.29, 1.82) is 0 Å². The quantitative estimate of drug-likeness (QED) is 0.665. The summed E-state index contributed by atoms with van der Waals surface area (Å²) in [7, 11) is 0. The predicted molar refractivity (Wildman–Crippen MR) is 64.8 cm³/mol. The molecule has 1 heterocycles. The third kappa shape index (κ3) is 2.48. The number of hydrogen-bond donors (Lipinski definition) is 2. The normalized spacial score (nSPS) is 12.4. The zero-order valence-electron chi connectivity index (χ0n) is 9.20. The van der Waals surface area contributed by atoms with E-state index in [2.05, 4.69) is 10.4 Å². The molecule has 1 unspecified atom stereocenters. The van der Waals surface area contributed by atoms with Gasteiger partial charge in [0.05, 0.1) is 16.8 Å². The van der Waals surface area contributed by atoms with E-state index in [0.717, 1.165) is 18.2 Å². The number of hydrazine groups is 1. The Hall–Kier alpha value is -1.56. The lowest BCUT2D eigenvalue weighted by molar-refractivity contribution is 0.540. The minimum absolute atomic E-state index is 0.0538. The summed E-state index contributed by atoms with van der Waals surface area (Å²) >= 11 is 5.97. The Balaban J connectivity index is 2.52. The van der Waals surface area contributed by atoms with Gasteiger partial charge >= 0.3 is 0 Å². The summed E-state index contributed by atoms with van der Waals surface area (Å²) in [5, 5.41) is 0.323. The maximum absolute atomic E-state index is 13.7. The summed E-state index contributed by atoms with van der Waals surface area (Å²) < 4.78 is 26.9. The van der Waals surface area contributed by atoms with Gasteiger partial charge in [-0.2, -0.15) is 0 Å². The highest BCUT2D eigenvalue weighted by Gasteiger charge is 2.20. The average molecular weight is 270 g/mol. The highest BCUT2D eigenvalue weighted by atomic mass is 35.5. The SMILES string of the molecule is NNC(c1cc(F)ccc1F)c1ncccc1Cl. The van der Waals surface area contributed by atoms with Gasteiger partial charge in [0.1, 0.15) is 11.6 Å². The Morgan fingerprint density at radius 3 is 2.72 bits per heavy atom. The molecule has 2 aromatic rings. The molecule has 94 valence electrons. The van der Waals surface area contributed by atoms with E-state index in [-0.39, 0.29) is 5.56 Å². The first-order valence-corrected chi connectivity index (χ1v) is 5.52. The molecular formula is C12H10ClF2N3. The van der Waals surface area contributed by atoms with Crippen molar-refractivity contribution in [2.24, 2.45) is 5.84 Å². The molecular weight excluding hydrogens is 260 g/mol. The molecule has 0 spiro atoms. The number of pyridine rings is 1. The van der Waals surface area contributed by atoms with Crippen molar-refractivity contribution in [2.75, 3.05) is 0 Å². The number of nitrogens with one attached hydrogen (secondary N) is 1. The highest BCUT2D eigenvalue weighted by molar-refractivity contribution is 6.31. The van der Waals surface area contributed by atoms with Crippen LogP contribution in [0.3, 0.4) is 0 Å². The van der Waals surface area contributed by atoms with Crippen LogP contribution in [0.15, 0.2) is 36.5 Å². The number of benzene rings is 1. The van der Waals surface area contributed by atoms with Crippen molar-refractivity contribution in [3.8, 4) is 0 Å². The first-order valence-electron chi connectivity index (χ1n) is 5.15. The smallest absolute Gasteiger partial charge is 0.128 e. The molecule has 0 aliphatic heterocycles. The minimum atomic E-state index is -0.811. The van der Waals surface area contributed by atoms with Gasteiger partial charge < -0.3 is 0 Å². The topological polar surface area (TPSA) is 50.9 Å². The maximum Gasteiger partial charge on any atom is 0.128 e. The number of halogens is 3. The van der Waals surface area contributed by atoms with E-state index in [1.54, 1.807) is 12.1 Å².